The highest BCUT2D eigenvalue weighted by atomic mass is 79.9. The number of benzene rings is 2. The van der Waals surface area contributed by atoms with E-state index in [9.17, 15) is 0 Å². The summed E-state index contributed by atoms with van der Waals surface area (Å²) < 4.78 is 2.93. The van der Waals surface area contributed by atoms with E-state index < -0.39 is 0 Å². The lowest BCUT2D eigenvalue weighted by atomic mass is 10.1. The number of fused-ring (bicyclic) bond motifs is 1. The lowest BCUT2D eigenvalue weighted by molar-refractivity contribution is 1.00. The molecular formula is C19H17BrN6. The fourth-order valence-electron chi connectivity index (χ4n) is 3.01. The molecule has 0 aliphatic carbocycles. The smallest absolute Gasteiger partial charge is 0.214 e. The van der Waals surface area contributed by atoms with Crippen molar-refractivity contribution in [1.29, 1.82) is 0 Å². The molecule has 2 aromatic carbocycles. The first-order valence-electron chi connectivity index (χ1n) is 8.12. The monoisotopic (exact) mass is 408 g/mol. The molecule has 2 aromatic heterocycles. The number of imidazole rings is 1. The lowest BCUT2D eigenvalue weighted by Gasteiger charge is -2.14. The average Bonchev–Trinajstić information content (AvgIpc) is 2.96. The van der Waals surface area contributed by atoms with Gasteiger partial charge in [0.25, 0.3) is 0 Å². The zero-order valence-electron chi connectivity index (χ0n) is 14.4. The van der Waals surface area contributed by atoms with Crippen LogP contribution in [0.1, 0.15) is 11.1 Å². The minimum Gasteiger partial charge on any atom is -0.384 e. The Labute approximate surface area is 159 Å². The van der Waals surface area contributed by atoms with Gasteiger partial charge in [0.1, 0.15) is 18.0 Å². The summed E-state index contributed by atoms with van der Waals surface area (Å²) in [7, 11) is 0. The molecule has 130 valence electrons. The normalized spacial score (nSPS) is 11.0. The summed E-state index contributed by atoms with van der Waals surface area (Å²) in [4.78, 5) is 13.1. The quantitative estimate of drug-likeness (QED) is 0.520. The van der Waals surface area contributed by atoms with Crippen LogP contribution in [0.5, 0.6) is 0 Å². The number of rotatable bonds is 3. The Morgan fingerprint density at radius 1 is 1.08 bits per heavy atom. The van der Waals surface area contributed by atoms with Crippen LogP contribution < -0.4 is 11.1 Å². The molecule has 0 aliphatic rings. The molecule has 2 heterocycles. The van der Waals surface area contributed by atoms with E-state index in [1.54, 1.807) is 6.07 Å². The number of halogens is 1. The first-order chi connectivity index (χ1) is 12.5. The molecule has 26 heavy (non-hydrogen) atoms. The van der Waals surface area contributed by atoms with E-state index >= 15 is 0 Å². The van der Waals surface area contributed by atoms with Gasteiger partial charge < -0.3 is 11.1 Å². The number of anilines is 3. The van der Waals surface area contributed by atoms with Gasteiger partial charge in [-0.15, -0.1) is 0 Å². The third kappa shape index (κ3) is 2.90. The van der Waals surface area contributed by atoms with Crippen molar-refractivity contribution in [2.75, 3.05) is 11.1 Å². The van der Waals surface area contributed by atoms with Crippen molar-refractivity contribution >= 4 is 44.4 Å². The summed E-state index contributed by atoms with van der Waals surface area (Å²) in [5.74, 6) is 1.73. The molecule has 6 nitrogen and oxygen atoms in total. The van der Waals surface area contributed by atoms with Crippen LogP contribution >= 0.6 is 15.9 Å². The van der Waals surface area contributed by atoms with Crippen LogP contribution in [0.4, 0.5) is 17.5 Å². The van der Waals surface area contributed by atoms with Crippen molar-refractivity contribution in [3.63, 3.8) is 0 Å². The highest BCUT2D eigenvalue weighted by Crippen LogP contribution is 2.32. The van der Waals surface area contributed by atoms with Gasteiger partial charge in [0.2, 0.25) is 5.95 Å². The maximum atomic E-state index is 5.86. The van der Waals surface area contributed by atoms with Gasteiger partial charge in [0.15, 0.2) is 0 Å². The molecule has 0 spiro atoms. The number of hydrogen-bond acceptors (Lipinski definition) is 5. The van der Waals surface area contributed by atoms with Gasteiger partial charge >= 0.3 is 0 Å². The third-order valence-electron chi connectivity index (χ3n) is 4.13. The Balaban J connectivity index is 1.92. The fourth-order valence-corrected chi connectivity index (χ4v) is 3.78. The van der Waals surface area contributed by atoms with Gasteiger partial charge in [-0.05, 0) is 59.1 Å². The molecule has 0 bridgehead atoms. The van der Waals surface area contributed by atoms with Gasteiger partial charge in [-0.2, -0.15) is 0 Å². The molecule has 0 aliphatic heterocycles. The number of hydrogen-bond donors (Lipinski definition) is 2. The van der Waals surface area contributed by atoms with Crippen molar-refractivity contribution in [1.82, 2.24) is 19.5 Å². The zero-order valence-corrected chi connectivity index (χ0v) is 15.9. The first-order valence-corrected chi connectivity index (χ1v) is 8.91. The Morgan fingerprint density at radius 3 is 2.65 bits per heavy atom. The maximum absolute atomic E-state index is 5.86. The van der Waals surface area contributed by atoms with Crippen molar-refractivity contribution < 1.29 is 0 Å². The standard InChI is InChI=1S/C19H17BrN6/c1-11-7-12(2)18(13(20)8-11)25-19-24-14-5-3-4-6-15(14)26(19)17-9-16(21)22-10-23-17/h3-10H,1-2H3,(H,24,25)(H2,21,22,23). The highest BCUT2D eigenvalue weighted by molar-refractivity contribution is 9.10. The van der Waals surface area contributed by atoms with Crippen LogP contribution in [-0.2, 0) is 0 Å². The van der Waals surface area contributed by atoms with Gasteiger partial charge in [0.05, 0.1) is 16.7 Å². The summed E-state index contributed by atoms with van der Waals surface area (Å²) >= 11 is 3.65. The van der Waals surface area contributed by atoms with Crippen molar-refractivity contribution in [2.45, 2.75) is 13.8 Å². The number of aromatic nitrogens is 4. The second kappa shape index (κ2) is 6.42. The summed E-state index contributed by atoms with van der Waals surface area (Å²) in [5.41, 5.74) is 11.0. The Kier molecular flexibility index (Phi) is 4.08. The van der Waals surface area contributed by atoms with Crippen molar-refractivity contribution in [2.24, 2.45) is 0 Å². The molecule has 3 N–H and O–H groups in total. The van der Waals surface area contributed by atoms with E-state index in [1.165, 1.54) is 11.9 Å². The molecule has 0 atom stereocenters. The molecule has 0 fully saturated rings. The minimum absolute atomic E-state index is 0.409. The lowest BCUT2D eigenvalue weighted by Crippen LogP contribution is -2.06. The number of nitrogens with two attached hydrogens (primary N) is 1. The summed E-state index contributed by atoms with van der Waals surface area (Å²) in [6, 6.07) is 13.8. The SMILES string of the molecule is Cc1cc(C)c(Nc2nc3ccccc3n2-c2cc(N)ncn2)c(Br)c1. The minimum atomic E-state index is 0.409. The van der Waals surface area contributed by atoms with Crippen molar-refractivity contribution in [3.8, 4) is 5.82 Å². The van der Waals surface area contributed by atoms with E-state index in [0.717, 1.165) is 26.8 Å². The predicted octanol–water partition coefficient (Wildman–Crippen LogP) is 4.52. The summed E-state index contributed by atoms with van der Waals surface area (Å²) in [6.07, 6.45) is 1.45. The molecule has 0 radical (unpaired) electrons. The first kappa shape index (κ1) is 16.5. The Morgan fingerprint density at radius 2 is 1.88 bits per heavy atom. The number of nitrogens with zero attached hydrogens (tertiary/aromatic N) is 4. The van der Waals surface area contributed by atoms with E-state index in [1.807, 2.05) is 28.8 Å². The molecule has 4 aromatic rings. The Hall–Kier alpha value is -2.93. The van der Waals surface area contributed by atoms with E-state index in [-0.39, 0.29) is 0 Å². The van der Waals surface area contributed by atoms with Crippen LogP contribution in [0.25, 0.3) is 16.9 Å². The van der Waals surface area contributed by atoms with Gasteiger partial charge in [0, 0.05) is 10.5 Å². The number of para-hydroxylation sites is 2. The number of nitrogen functional groups attached to an aromatic ring is 1. The summed E-state index contributed by atoms with van der Waals surface area (Å²) in [5, 5.41) is 3.45. The molecule has 0 saturated heterocycles. The topological polar surface area (TPSA) is 81.7 Å². The second-order valence-corrected chi connectivity index (χ2v) is 6.98. The Bertz CT molecular complexity index is 1100. The summed E-state index contributed by atoms with van der Waals surface area (Å²) in [6.45, 7) is 4.14. The van der Waals surface area contributed by atoms with Gasteiger partial charge in [-0.1, -0.05) is 18.2 Å². The van der Waals surface area contributed by atoms with E-state index in [0.29, 0.717) is 17.6 Å². The van der Waals surface area contributed by atoms with Crippen LogP contribution in [0.2, 0.25) is 0 Å². The largest absolute Gasteiger partial charge is 0.384 e. The van der Waals surface area contributed by atoms with Crippen LogP contribution in [0, 0.1) is 13.8 Å². The zero-order chi connectivity index (χ0) is 18.3. The number of nitrogens with one attached hydrogen (secondary N) is 1. The predicted molar refractivity (Wildman–Crippen MR) is 108 cm³/mol. The molecule has 0 saturated carbocycles. The molecule has 0 amide bonds. The second-order valence-electron chi connectivity index (χ2n) is 6.12. The van der Waals surface area contributed by atoms with Crippen LogP contribution in [0.15, 0.2) is 53.3 Å². The van der Waals surface area contributed by atoms with Crippen LogP contribution in [-0.4, -0.2) is 19.5 Å². The molecule has 7 heteroatoms. The maximum Gasteiger partial charge on any atom is 0.214 e. The third-order valence-corrected chi connectivity index (χ3v) is 4.76. The molecular weight excluding hydrogens is 392 g/mol. The molecule has 4 rings (SSSR count). The van der Waals surface area contributed by atoms with Crippen molar-refractivity contribution in [3.05, 3.63) is 64.4 Å². The van der Waals surface area contributed by atoms with E-state index in [4.69, 9.17) is 10.7 Å². The van der Waals surface area contributed by atoms with Gasteiger partial charge in [-0.25, -0.2) is 15.0 Å². The van der Waals surface area contributed by atoms with E-state index in [2.05, 4.69) is 57.2 Å². The average molecular weight is 409 g/mol. The van der Waals surface area contributed by atoms with Gasteiger partial charge in [-0.3, -0.25) is 4.57 Å². The highest BCUT2D eigenvalue weighted by Gasteiger charge is 2.16. The number of aryl methyl sites for hydroxylation is 2. The van der Waals surface area contributed by atoms with Crippen LogP contribution in [0.3, 0.4) is 0 Å². The molecule has 0 unspecified atom stereocenters. The fraction of sp³-hybridized carbons (Fsp3) is 0.105.